The third-order valence-corrected chi connectivity index (χ3v) is 9.60. The van der Waals surface area contributed by atoms with Gasteiger partial charge in [0.05, 0.1) is 0 Å². The van der Waals surface area contributed by atoms with Gasteiger partial charge in [-0.1, -0.05) is 56.7 Å². The molecule has 3 aliphatic carbocycles. The molecule has 3 aliphatic rings. The molecule has 2 aromatic rings. The maximum atomic E-state index is 13.3. The zero-order chi connectivity index (χ0) is 25.3. The lowest BCUT2D eigenvalue weighted by molar-refractivity contribution is -0.129. The van der Waals surface area contributed by atoms with Crippen LogP contribution >= 0.6 is 0 Å². The number of carbonyl (C=O) groups is 2. The second kappa shape index (κ2) is 10.4. The number of amides is 1. The molecule has 0 heterocycles. The van der Waals surface area contributed by atoms with Gasteiger partial charge >= 0.3 is 0 Å². The smallest absolute Gasteiger partial charge is 0.220 e. The van der Waals surface area contributed by atoms with Gasteiger partial charge in [0.2, 0.25) is 5.91 Å². The maximum Gasteiger partial charge on any atom is 0.220 e. The van der Waals surface area contributed by atoms with Crippen LogP contribution in [0.1, 0.15) is 93.4 Å². The van der Waals surface area contributed by atoms with Gasteiger partial charge in [-0.05, 0) is 96.9 Å². The van der Waals surface area contributed by atoms with Crippen LogP contribution in [-0.4, -0.2) is 16.8 Å². The molecule has 0 spiro atoms. The molecule has 2 N–H and O–H groups in total. The monoisotopic (exact) mass is 487 g/mol. The van der Waals surface area contributed by atoms with Crippen molar-refractivity contribution in [2.75, 3.05) is 0 Å². The molecule has 0 radical (unpaired) electrons. The summed E-state index contributed by atoms with van der Waals surface area (Å²) in [7, 11) is 0. The van der Waals surface area contributed by atoms with Gasteiger partial charge in [0.15, 0.2) is 0 Å². The van der Waals surface area contributed by atoms with Gasteiger partial charge in [-0.25, -0.2) is 0 Å². The van der Waals surface area contributed by atoms with Crippen LogP contribution < -0.4 is 5.32 Å². The molecule has 3 unspecified atom stereocenters. The zero-order valence-corrected chi connectivity index (χ0v) is 21.9. The Morgan fingerprint density at radius 2 is 1.97 bits per heavy atom. The van der Waals surface area contributed by atoms with Crippen LogP contribution in [0.2, 0.25) is 0 Å². The van der Waals surface area contributed by atoms with Crippen molar-refractivity contribution in [2.45, 2.75) is 90.5 Å². The van der Waals surface area contributed by atoms with Crippen molar-refractivity contribution < 1.29 is 14.7 Å². The number of nitrogens with one attached hydrogen (secondary N) is 1. The summed E-state index contributed by atoms with van der Waals surface area (Å²) in [5.41, 5.74) is 4.73. The first kappa shape index (κ1) is 25.0. The van der Waals surface area contributed by atoms with Crippen LogP contribution in [0.15, 0.2) is 42.5 Å². The molecule has 5 atom stereocenters. The van der Waals surface area contributed by atoms with E-state index in [0.29, 0.717) is 54.6 Å². The van der Waals surface area contributed by atoms with E-state index in [4.69, 9.17) is 0 Å². The van der Waals surface area contributed by atoms with Crippen LogP contribution in [-0.2, 0) is 29.0 Å². The van der Waals surface area contributed by atoms with Gasteiger partial charge in [-0.15, -0.1) is 0 Å². The Labute approximate surface area is 215 Å². The quantitative estimate of drug-likeness (QED) is 0.448. The Morgan fingerprint density at radius 1 is 1.17 bits per heavy atom. The Hall–Kier alpha value is -2.62. The van der Waals surface area contributed by atoms with E-state index in [0.717, 1.165) is 62.5 Å². The molecule has 2 saturated carbocycles. The second-order valence-corrected chi connectivity index (χ2v) is 11.8. The van der Waals surface area contributed by atoms with Gasteiger partial charge < -0.3 is 10.4 Å². The number of ketones is 1. The number of rotatable bonds is 8. The van der Waals surface area contributed by atoms with E-state index in [9.17, 15) is 14.7 Å². The minimum Gasteiger partial charge on any atom is -0.508 e. The van der Waals surface area contributed by atoms with Gasteiger partial charge in [-0.2, -0.15) is 0 Å². The summed E-state index contributed by atoms with van der Waals surface area (Å²) in [4.78, 5) is 25.8. The van der Waals surface area contributed by atoms with Crippen molar-refractivity contribution in [3.05, 3.63) is 64.7 Å². The molecular weight excluding hydrogens is 446 g/mol. The number of Topliss-reactive ketones (excluding diaryl/α,β-unsaturated/α-hetero) is 1. The molecular formula is C32H41NO3. The lowest BCUT2D eigenvalue weighted by Crippen LogP contribution is -2.44. The van der Waals surface area contributed by atoms with Gasteiger partial charge in [-0.3, -0.25) is 9.59 Å². The number of benzene rings is 2. The SMILES string of the molecule is CCCc1cc2c(cc1O)CCC1C2CC[C@]2(C)C(=O)C[C@@H](CCCC(=O)NCc3ccccc3)C12. The Morgan fingerprint density at radius 3 is 2.75 bits per heavy atom. The van der Waals surface area contributed by atoms with Crippen LogP contribution in [0, 0.1) is 23.2 Å². The van der Waals surface area contributed by atoms with E-state index in [2.05, 4.69) is 25.2 Å². The van der Waals surface area contributed by atoms with E-state index in [1.807, 2.05) is 36.4 Å². The third-order valence-electron chi connectivity index (χ3n) is 9.60. The normalized spacial score (nSPS) is 28.8. The number of hydrogen-bond donors (Lipinski definition) is 2. The van der Waals surface area contributed by atoms with Crippen LogP contribution in [0.25, 0.3) is 0 Å². The van der Waals surface area contributed by atoms with E-state index in [1.165, 1.54) is 11.1 Å². The minimum absolute atomic E-state index is 0.0994. The first-order valence-corrected chi connectivity index (χ1v) is 14.1. The number of phenols is 1. The van der Waals surface area contributed by atoms with E-state index in [-0.39, 0.29) is 11.3 Å². The summed E-state index contributed by atoms with van der Waals surface area (Å²) >= 11 is 0. The topological polar surface area (TPSA) is 66.4 Å². The molecule has 4 heteroatoms. The lowest BCUT2D eigenvalue weighted by Gasteiger charge is -2.50. The van der Waals surface area contributed by atoms with Crippen LogP contribution in [0.3, 0.4) is 0 Å². The van der Waals surface area contributed by atoms with Crippen molar-refractivity contribution in [1.29, 1.82) is 0 Å². The van der Waals surface area contributed by atoms with E-state index in [1.54, 1.807) is 0 Å². The molecule has 1 amide bonds. The Bertz CT molecular complexity index is 1110. The molecule has 192 valence electrons. The standard InChI is InChI=1S/C32H41NO3/c1-3-8-23-17-27-22(18-28(23)34)13-14-26-25(27)15-16-32(2)29(35)19-24(31(26)32)11-7-12-30(36)33-20-21-9-5-4-6-10-21/h4-6,9-10,17-18,24-26,31,34H,3,7-8,11-16,19-20H2,1-2H3,(H,33,36)/t24-,25?,26?,31?,32-/m1/s1. The van der Waals surface area contributed by atoms with E-state index < -0.39 is 0 Å². The average molecular weight is 488 g/mol. The first-order chi connectivity index (χ1) is 17.4. The van der Waals surface area contributed by atoms with Crippen LogP contribution in [0.4, 0.5) is 0 Å². The number of fused-ring (bicyclic) bond motifs is 5. The lowest BCUT2D eigenvalue weighted by atomic mass is 9.54. The van der Waals surface area contributed by atoms with Gasteiger partial charge in [0, 0.05) is 24.8 Å². The molecule has 4 nitrogen and oxygen atoms in total. The summed E-state index contributed by atoms with van der Waals surface area (Å²) in [6, 6.07) is 14.3. The Balaban J connectivity index is 1.26. The minimum atomic E-state index is -0.206. The highest BCUT2D eigenvalue weighted by Gasteiger charge is 2.58. The fourth-order valence-corrected chi connectivity index (χ4v) is 7.86. The fraction of sp³-hybridized carbons (Fsp3) is 0.562. The maximum absolute atomic E-state index is 13.3. The molecule has 0 aromatic heterocycles. The summed E-state index contributed by atoms with van der Waals surface area (Å²) in [5.74, 6) is 2.81. The van der Waals surface area contributed by atoms with Crippen LogP contribution in [0.5, 0.6) is 5.75 Å². The summed E-state index contributed by atoms with van der Waals surface area (Å²) in [6.07, 6.45) is 9.07. The number of phenolic OH excluding ortho intramolecular Hbond substituents is 1. The van der Waals surface area contributed by atoms with Crippen molar-refractivity contribution in [1.82, 2.24) is 5.32 Å². The highest BCUT2D eigenvalue weighted by molar-refractivity contribution is 5.87. The number of hydrogen-bond acceptors (Lipinski definition) is 3. The average Bonchev–Trinajstić information content (AvgIpc) is 3.13. The number of aryl methyl sites for hydroxylation is 2. The molecule has 2 fully saturated rings. The molecule has 0 aliphatic heterocycles. The summed E-state index contributed by atoms with van der Waals surface area (Å²) < 4.78 is 0. The predicted octanol–water partition coefficient (Wildman–Crippen LogP) is 6.48. The fourth-order valence-electron chi connectivity index (χ4n) is 7.86. The number of aromatic hydroxyl groups is 1. The van der Waals surface area contributed by atoms with Crippen molar-refractivity contribution in [3.8, 4) is 5.75 Å². The van der Waals surface area contributed by atoms with Crippen molar-refractivity contribution >= 4 is 11.7 Å². The predicted molar refractivity (Wildman–Crippen MR) is 143 cm³/mol. The van der Waals surface area contributed by atoms with Gasteiger partial charge in [0.25, 0.3) is 0 Å². The highest BCUT2D eigenvalue weighted by Crippen LogP contribution is 2.62. The highest BCUT2D eigenvalue weighted by atomic mass is 16.3. The molecule has 0 saturated heterocycles. The molecule has 36 heavy (non-hydrogen) atoms. The summed E-state index contributed by atoms with van der Waals surface area (Å²) in [6.45, 7) is 4.96. The largest absolute Gasteiger partial charge is 0.508 e. The van der Waals surface area contributed by atoms with Gasteiger partial charge in [0.1, 0.15) is 11.5 Å². The first-order valence-electron chi connectivity index (χ1n) is 14.1. The molecule has 2 aromatic carbocycles. The van der Waals surface area contributed by atoms with Crippen molar-refractivity contribution in [3.63, 3.8) is 0 Å². The zero-order valence-electron chi connectivity index (χ0n) is 21.9. The Kier molecular flexibility index (Phi) is 7.23. The molecule has 5 rings (SSSR count). The third kappa shape index (κ3) is 4.71. The second-order valence-electron chi connectivity index (χ2n) is 11.8. The molecule has 0 bridgehead atoms. The summed E-state index contributed by atoms with van der Waals surface area (Å²) in [5, 5.41) is 13.6. The van der Waals surface area contributed by atoms with E-state index >= 15 is 0 Å². The number of carbonyl (C=O) groups excluding carboxylic acids is 2. The van der Waals surface area contributed by atoms with Crippen molar-refractivity contribution in [2.24, 2.45) is 23.2 Å².